The van der Waals surface area contributed by atoms with E-state index in [0.717, 1.165) is 12.8 Å². The summed E-state index contributed by atoms with van der Waals surface area (Å²) in [5.41, 5.74) is 0. The minimum atomic E-state index is 0.192. The van der Waals surface area contributed by atoms with Gasteiger partial charge in [0.25, 0.3) is 0 Å². The molecular weight excluding hydrogens is 128 g/mol. The van der Waals surface area contributed by atoms with Gasteiger partial charge in [0.1, 0.15) is 0 Å². The minimum Gasteiger partial charge on any atom is -0.396 e. The maximum Gasteiger partial charge on any atom is 0.0460 e. The predicted molar refractivity (Wildman–Crippen MR) is 41.7 cm³/mol. The Bertz CT molecular complexity index is 71.7. The summed E-state index contributed by atoms with van der Waals surface area (Å²) >= 11 is 0. The first kappa shape index (κ1) is 9.92. The molecule has 0 unspecified atom stereocenters. The molecule has 0 aromatic rings. The fourth-order valence-corrected chi connectivity index (χ4v) is 1.13. The molecule has 2 N–H and O–H groups in total. The first-order valence-corrected chi connectivity index (χ1v) is 3.92. The average Bonchev–Trinajstić information content (AvgIpc) is 1.86. The van der Waals surface area contributed by atoms with Crippen molar-refractivity contribution in [1.29, 1.82) is 0 Å². The van der Waals surface area contributed by atoms with E-state index in [-0.39, 0.29) is 13.2 Å². The summed E-state index contributed by atoms with van der Waals surface area (Å²) in [6.45, 7) is 4.65. The third-order valence-electron chi connectivity index (χ3n) is 1.60. The monoisotopic (exact) mass is 146 g/mol. The van der Waals surface area contributed by atoms with Gasteiger partial charge in [0, 0.05) is 13.2 Å². The third kappa shape index (κ3) is 4.77. The van der Waals surface area contributed by atoms with Crippen molar-refractivity contribution in [2.75, 3.05) is 13.2 Å². The Morgan fingerprint density at radius 1 is 1.20 bits per heavy atom. The average molecular weight is 146 g/mol. The molecule has 1 atom stereocenters. The predicted octanol–water partition coefficient (Wildman–Crippen LogP) is 1.02. The molecule has 0 heterocycles. The van der Waals surface area contributed by atoms with Crippen LogP contribution >= 0.6 is 0 Å². The summed E-state index contributed by atoms with van der Waals surface area (Å²) in [5.74, 6) is 0.911. The zero-order valence-electron chi connectivity index (χ0n) is 6.88. The van der Waals surface area contributed by atoms with Gasteiger partial charge in [-0.2, -0.15) is 0 Å². The molecule has 0 fully saturated rings. The van der Waals surface area contributed by atoms with Gasteiger partial charge in [0.05, 0.1) is 0 Å². The quantitative estimate of drug-likeness (QED) is 0.608. The summed E-state index contributed by atoms with van der Waals surface area (Å²) < 4.78 is 0. The highest BCUT2D eigenvalue weighted by Crippen LogP contribution is 2.13. The summed E-state index contributed by atoms with van der Waals surface area (Å²) in [6.07, 6.45) is 1.74. The highest BCUT2D eigenvalue weighted by atomic mass is 16.3. The van der Waals surface area contributed by atoms with E-state index >= 15 is 0 Å². The number of rotatable bonds is 5. The molecule has 0 aromatic carbocycles. The van der Waals surface area contributed by atoms with Crippen LogP contribution < -0.4 is 0 Å². The lowest BCUT2D eigenvalue weighted by atomic mass is 9.95. The van der Waals surface area contributed by atoms with Crippen molar-refractivity contribution < 1.29 is 10.2 Å². The lowest BCUT2D eigenvalue weighted by Crippen LogP contribution is -2.10. The second kappa shape index (κ2) is 5.69. The highest BCUT2D eigenvalue weighted by molar-refractivity contribution is 4.59. The molecule has 10 heavy (non-hydrogen) atoms. The van der Waals surface area contributed by atoms with Gasteiger partial charge >= 0.3 is 0 Å². The van der Waals surface area contributed by atoms with Crippen LogP contribution in [0, 0.1) is 11.8 Å². The van der Waals surface area contributed by atoms with Crippen molar-refractivity contribution in [3.05, 3.63) is 0 Å². The van der Waals surface area contributed by atoms with E-state index in [0.29, 0.717) is 11.8 Å². The molecule has 0 spiro atoms. The Labute approximate surface area is 62.9 Å². The van der Waals surface area contributed by atoms with Crippen LogP contribution in [0.3, 0.4) is 0 Å². The fourth-order valence-electron chi connectivity index (χ4n) is 1.13. The van der Waals surface area contributed by atoms with E-state index in [4.69, 9.17) is 10.2 Å². The van der Waals surface area contributed by atoms with Crippen molar-refractivity contribution in [3.8, 4) is 0 Å². The summed E-state index contributed by atoms with van der Waals surface area (Å²) in [5, 5.41) is 17.4. The van der Waals surface area contributed by atoms with Crippen molar-refractivity contribution in [2.45, 2.75) is 26.7 Å². The second-order valence-corrected chi connectivity index (χ2v) is 3.19. The van der Waals surface area contributed by atoms with Crippen molar-refractivity contribution in [2.24, 2.45) is 11.8 Å². The molecule has 0 rings (SSSR count). The van der Waals surface area contributed by atoms with Gasteiger partial charge in [-0.05, 0) is 24.7 Å². The zero-order valence-corrected chi connectivity index (χ0v) is 6.88. The summed E-state index contributed by atoms with van der Waals surface area (Å²) in [4.78, 5) is 0. The normalized spacial score (nSPS) is 14.1. The van der Waals surface area contributed by atoms with Crippen LogP contribution in [0.2, 0.25) is 0 Å². The van der Waals surface area contributed by atoms with Crippen LogP contribution in [-0.2, 0) is 0 Å². The lowest BCUT2D eigenvalue weighted by Gasteiger charge is -2.14. The number of hydrogen-bond donors (Lipinski definition) is 2. The molecule has 0 radical (unpaired) electrons. The smallest absolute Gasteiger partial charge is 0.0460 e. The topological polar surface area (TPSA) is 40.5 Å². The van der Waals surface area contributed by atoms with Crippen LogP contribution in [0.15, 0.2) is 0 Å². The van der Waals surface area contributed by atoms with Gasteiger partial charge in [-0.25, -0.2) is 0 Å². The molecule has 0 amide bonds. The Hall–Kier alpha value is -0.0800. The van der Waals surface area contributed by atoms with E-state index in [1.165, 1.54) is 0 Å². The minimum absolute atomic E-state index is 0.192. The van der Waals surface area contributed by atoms with E-state index in [1.54, 1.807) is 0 Å². The van der Waals surface area contributed by atoms with Crippen LogP contribution in [-0.4, -0.2) is 23.4 Å². The van der Waals surface area contributed by atoms with E-state index in [1.807, 2.05) is 0 Å². The maximum absolute atomic E-state index is 8.79. The molecule has 0 aliphatic rings. The van der Waals surface area contributed by atoms with Gasteiger partial charge in [-0.1, -0.05) is 13.8 Å². The van der Waals surface area contributed by atoms with Crippen molar-refractivity contribution in [3.63, 3.8) is 0 Å². The molecular formula is C8H18O2. The molecule has 0 aromatic heterocycles. The van der Waals surface area contributed by atoms with Gasteiger partial charge < -0.3 is 10.2 Å². The Kier molecular flexibility index (Phi) is 5.64. The van der Waals surface area contributed by atoms with E-state index in [2.05, 4.69) is 13.8 Å². The first-order chi connectivity index (χ1) is 4.70. The number of aliphatic hydroxyl groups excluding tert-OH is 2. The third-order valence-corrected chi connectivity index (χ3v) is 1.60. The van der Waals surface area contributed by atoms with Crippen LogP contribution in [0.25, 0.3) is 0 Å². The standard InChI is InChI=1S/C8H18O2/c1-7(2)5-8(6-10)3-4-9/h7-10H,3-6H2,1-2H3/t8-/m1/s1. The Morgan fingerprint density at radius 3 is 2.10 bits per heavy atom. The molecule has 0 aliphatic heterocycles. The molecule has 0 saturated carbocycles. The number of hydrogen-bond acceptors (Lipinski definition) is 2. The van der Waals surface area contributed by atoms with Crippen LogP contribution in [0.5, 0.6) is 0 Å². The fraction of sp³-hybridized carbons (Fsp3) is 1.00. The Morgan fingerprint density at radius 2 is 1.80 bits per heavy atom. The van der Waals surface area contributed by atoms with Gasteiger partial charge in [-0.15, -0.1) is 0 Å². The zero-order chi connectivity index (χ0) is 7.98. The van der Waals surface area contributed by atoms with Gasteiger partial charge in [0.2, 0.25) is 0 Å². The second-order valence-electron chi connectivity index (χ2n) is 3.19. The van der Waals surface area contributed by atoms with Gasteiger partial charge in [0.15, 0.2) is 0 Å². The molecule has 0 aliphatic carbocycles. The van der Waals surface area contributed by atoms with Crippen molar-refractivity contribution >= 4 is 0 Å². The van der Waals surface area contributed by atoms with Crippen LogP contribution in [0.4, 0.5) is 0 Å². The van der Waals surface area contributed by atoms with Crippen LogP contribution in [0.1, 0.15) is 26.7 Å². The molecule has 0 bridgehead atoms. The molecule has 62 valence electrons. The molecule has 0 saturated heterocycles. The SMILES string of the molecule is CC(C)C[C@H](CO)CCO. The van der Waals surface area contributed by atoms with E-state index in [9.17, 15) is 0 Å². The first-order valence-electron chi connectivity index (χ1n) is 3.92. The maximum atomic E-state index is 8.79. The van der Waals surface area contributed by atoms with Gasteiger partial charge in [-0.3, -0.25) is 0 Å². The van der Waals surface area contributed by atoms with Crippen molar-refractivity contribution in [1.82, 2.24) is 0 Å². The van der Waals surface area contributed by atoms with E-state index < -0.39 is 0 Å². The number of aliphatic hydroxyl groups is 2. The molecule has 2 nitrogen and oxygen atoms in total. The Balaban J connectivity index is 3.39. The lowest BCUT2D eigenvalue weighted by molar-refractivity contribution is 0.167. The largest absolute Gasteiger partial charge is 0.396 e. The summed E-state index contributed by atoms with van der Waals surface area (Å²) in [6, 6.07) is 0. The highest BCUT2D eigenvalue weighted by Gasteiger charge is 2.07. The molecule has 2 heteroatoms. The summed E-state index contributed by atoms with van der Waals surface area (Å²) in [7, 11) is 0.